The summed E-state index contributed by atoms with van der Waals surface area (Å²) in [6.07, 6.45) is 2.58. The van der Waals surface area contributed by atoms with Crippen molar-refractivity contribution >= 4 is 5.91 Å². The van der Waals surface area contributed by atoms with Crippen LogP contribution in [0.1, 0.15) is 46.8 Å². The third-order valence-electron chi connectivity index (χ3n) is 5.03. The van der Waals surface area contributed by atoms with Crippen molar-refractivity contribution < 1.29 is 4.79 Å². The van der Waals surface area contributed by atoms with Gasteiger partial charge in [0.25, 0.3) is 5.91 Å². The highest BCUT2D eigenvalue weighted by atomic mass is 16.1. The fourth-order valence-corrected chi connectivity index (χ4v) is 3.22. The smallest absolute Gasteiger partial charge is 0.251 e. The largest absolute Gasteiger partial charge is 0.348 e. The second-order valence-corrected chi connectivity index (χ2v) is 7.15. The molecule has 0 radical (unpaired) electrons. The molecule has 2 aromatic rings. The average molecular weight is 347 g/mol. The summed E-state index contributed by atoms with van der Waals surface area (Å²) >= 11 is 0. The molecular weight excluding hydrogens is 322 g/mol. The summed E-state index contributed by atoms with van der Waals surface area (Å²) in [4.78, 5) is 14.7. The Balaban J connectivity index is 1.49. The molecule has 0 unspecified atom stereocenters. The highest BCUT2D eigenvalue weighted by Gasteiger charge is 2.15. The molecule has 1 amide bonds. The van der Waals surface area contributed by atoms with E-state index in [9.17, 15) is 4.79 Å². The zero-order chi connectivity index (χ0) is 18.4. The van der Waals surface area contributed by atoms with Crippen LogP contribution in [0.25, 0.3) is 0 Å². The summed E-state index contributed by atoms with van der Waals surface area (Å²) < 4.78 is 0. The zero-order valence-corrected chi connectivity index (χ0v) is 15.2. The number of likely N-dealkylation sites (tertiary alicyclic amines) is 1. The standard InChI is InChI=1S/C22H25N3O/c1-17-10-12-25(13-11-17)16-20-4-2-19(3-5-20)15-24-22(26)21-8-6-18(14-23)7-9-21/h2-9,17H,10-13,15-16H2,1H3,(H,24,26). The summed E-state index contributed by atoms with van der Waals surface area (Å²) in [7, 11) is 0. The molecule has 0 bridgehead atoms. The molecule has 3 rings (SSSR count). The molecule has 0 atom stereocenters. The molecule has 1 heterocycles. The SMILES string of the molecule is CC1CCN(Cc2ccc(CNC(=O)c3ccc(C#N)cc3)cc2)CC1. The number of benzene rings is 2. The van der Waals surface area contributed by atoms with E-state index < -0.39 is 0 Å². The average Bonchev–Trinajstić information content (AvgIpc) is 2.69. The predicted octanol–water partition coefficient (Wildman–Crippen LogP) is 3.72. The van der Waals surface area contributed by atoms with Crippen molar-refractivity contribution in [1.29, 1.82) is 5.26 Å². The Kier molecular flexibility index (Phi) is 6.04. The highest BCUT2D eigenvalue weighted by molar-refractivity contribution is 5.94. The molecule has 26 heavy (non-hydrogen) atoms. The zero-order valence-electron chi connectivity index (χ0n) is 15.2. The number of nitrogens with one attached hydrogen (secondary N) is 1. The van der Waals surface area contributed by atoms with E-state index in [-0.39, 0.29) is 5.91 Å². The molecule has 4 heteroatoms. The molecule has 0 aromatic heterocycles. The van der Waals surface area contributed by atoms with Crippen LogP contribution in [0.2, 0.25) is 0 Å². The maximum atomic E-state index is 12.2. The van der Waals surface area contributed by atoms with Gasteiger partial charge in [-0.1, -0.05) is 31.2 Å². The lowest BCUT2D eigenvalue weighted by atomic mass is 9.99. The van der Waals surface area contributed by atoms with Gasteiger partial charge in [-0.3, -0.25) is 9.69 Å². The van der Waals surface area contributed by atoms with Gasteiger partial charge < -0.3 is 5.32 Å². The topological polar surface area (TPSA) is 56.1 Å². The van der Waals surface area contributed by atoms with E-state index in [2.05, 4.69) is 47.5 Å². The van der Waals surface area contributed by atoms with Crippen LogP contribution in [0.5, 0.6) is 0 Å². The predicted molar refractivity (Wildman–Crippen MR) is 102 cm³/mol. The summed E-state index contributed by atoms with van der Waals surface area (Å²) in [5, 5.41) is 11.7. The maximum Gasteiger partial charge on any atom is 0.251 e. The Labute approximate surface area is 155 Å². The van der Waals surface area contributed by atoms with Crippen LogP contribution < -0.4 is 5.32 Å². The number of piperidine rings is 1. The van der Waals surface area contributed by atoms with Crippen molar-refractivity contribution in [1.82, 2.24) is 10.2 Å². The van der Waals surface area contributed by atoms with Crippen LogP contribution in [0.4, 0.5) is 0 Å². The van der Waals surface area contributed by atoms with E-state index in [0.717, 1.165) is 18.0 Å². The second-order valence-electron chi connectivity index (χ2n) is 7.15. The number of carbonyl (C=O) groups excluding carboxylic acids is 1. The van der Waals surface area contributed by atoms with Gasteiger partial charge in [0.1, 0.15) is 0 Å². The Morgan fingerprint density at radius 2 is 1.69 bits per heavy atom. The minimum atomic E-state index is -0.124. The Bertz CT molecular complexity index is 767. The second kappa shape index (κ2) is 8.64. The van der Waals surface area contributed by atoms with Gasteiger partial charge in [0, 0.05) is 18.7 Å². The fourth-order valence-electron chi connectivity index (χ4n) is 3.22. The maximum absolute atomic E-state index is 12.2. The van der Waals surface area contributed by atoms with E-state index in [0.29, 0.717) is 17.7 Å². The number of hydrogen-bond acceptors (Lipinski definition) is 3. The first-order valence-corrected chi connectivity index (χ1v) is 9.22. The highest BCUT2D eigenvalue weighted by Crippen LogP contribution is 2.18. The lowest BCUT2D eigenvalue weighted by molar-refractivity contribution is 0.0951. The van der Waals surface area contributed by atoms with E-state index in [1.165, 1.54) is 31.5 Å². The summed E-state index contributed by atoms with van der Waals surface area (Å²) in [5.41, 5.74) is 3.53. The van der Waals surface area contributed by atoms with Gasteiger partial charge >= 0.3 is 0 Å². The first-order chi connectivity index (χ1) is 12.6. The first-order valence-electron chi connectivity index (χ1n) is 9.22. The van der Waals surface area contributed by atoms with Crippen LogP contribution in [0, 0.1) is 17.2 Å². The molecule has 1 N–H and O–H groups in total. The Hall–Kier alpha value is -2.64. The van der Waals surface area contributed by atoms with Crippen molar-refractivity contribution in [2.24, 2.45) is 5.92 Å². The number of carbonyl (C=O) groups is 1. The van der Waals surface area contributed by atoms with Crippen molar-refractivity contribution in [2.45, 2.75) is 32.9 Å². The molecule has 1 aliphatic heterocycles. The lowest BCUT2D eigenvalue weighted by Crippen LogP contribution is -2.32. The van der Waals surface area contributed by atoms with Gasteiger partial charge in [-0.05, 0) is 67.2 Å². The number of hydrogen-bond donors (Lipinski definition) is 1. The van der Waals surface area contributed by atoms with Crippen LogP contribution in [-0.4, -0.2) is 23.9 Å². The lowest BCUT2D eigenvalue weighted by Gasteiger charge is -2.30. The van der Waals surface area contributed by atoms with Crippen molar-refractivity contribution in [3.63, 3.8) is 0 Å². The molecule has 134 valence electrons. The van der Waals surface area contributed by atoms with E-state index in [4.69, 9.17) is 5.26 Å². The van der Waals surface area contributed by atoms with Gasteiger partial charge in [0.15, 0.2) is 0 Å². The quantitative estimate of drug-likeness (QED) is 0.897. The molecule has 1 saturated heterocycles. The molecule has 2 aromatic carbocycles. The van der Waals surface area contributed by atoms with E-state index in [1.54, 1.807) is 24.3 Å². The Morgan fingerprint density at radius 1 is 1.08 bits per heavy atom. The number of nitriles is 1. The van der Waals surface area contributed by atoms with Gasteiger partial charge in [-0.15, -0.1) is 0 Å². The fraction of sp³-hybridized carbons (Fsp3) is 0.364. The molecule has 1 aliphatic rings. The Morgan fingerprint density at radius 3 is 2.31 bits per heavy atom. The van der Waals surface area contributed by atoms with Crippen molar-refractivity contribution in [3.05, 3.63) is 70.8 Å². The monoisotopic (exact) mass is 347 g/mol. The van der Waals surface area contributed by atoms with Gasteiger partial charge in [-0.2, -0.15) is 5.26 Å². The third kappa shape index (κ3) is 4.93. The minimum Gasteiger partial charge on any atom is -0.348 e. The van der Waals surface area contributed by atoms with Gasteiger partial charge in [0.05, 0.1) is 11.6 Å². The third-order valence-corrected chi connectivity index (χ3v) is 5.03. The van der Waals surface area contributed by atoms with Crippen LogP contribution in [-0.2, 0) is 13.1 Å². The van der Waals surface area contributed by atoms with Crippen LogP contribution in [0.3, 0.4) is 0 Å². The molecular formula is C22H25N3O. The van der Waals surface area contributed by atoms with Crippen molar-refractivity contribution in [3.8, 4) is 6.07 Å². The van der Waals surface area contributed by atoms with Crippen LogP contribution in [0.15, 0.2) is 48.5 Å². The first kappa shape index (κ1) is 18.2. The van der Waals surface area contributed by atoms with Gasteiger partial charge in [-0.25, -0.2) is 0 Å². The molecule has 4 nitrogen and oxygen atoms in total. The minimum absolute atomic E-state index is 0.124. The van der Waals surface area contributed by atoms with Gasteiger partial charge in [0.2, 0.25) is 0 Å². The number of amides is 1. The summed E-state index contributed by atoms with van der Waals surface area (Å²) in [5.74, 6) is 0.731. The summed E-state index contributed by atoms with van der Waals surface area (Å²) in [6.45, 7) is 6.20. The van der Waals surface area contributed by atoms with Crippen LogP contribution >= 0.6 is 0 Å². The number of rotatable bonds is 5. The van der Waals surface area contributed by atoms with E-state index >= 15 is 0 Å². The molecule has 0 aliphatic carbocycles. The number of nitrogens with zero attached hydrogens (tertiary/aromatic N) is 2. The molecule has 0 saturated carbocycles. The van der Waals surface area contributed by atoms with E-state index in [1.807, 2.05) is 0 Å². The normalized spacial score (nSPS) is 15.4. The summed E-state index contributed by atoms with van der Waals surface area (Å²) in [6, 6.07) is 17.2. The molecule has 0 spiro atoms. The molecule has 1 fully saturated rings. The van der Waals surface area contributed by atoms with Crippen molar-refractivity contribution in [2.75, 3.05) is 13.1 Å².